The van der Waals surface area contributed by atoms with Crippen molar-refractivity contribution in [3.05, 3.63) is 11.6 Å². The van der Waals surface area contributed by atoms with Crippen LogP contribution >= 0.6 is 0 Å². The van der Waals surface area contributed by atoms with Crippen molar-refractivity contribution in [1.82, 2.24) is 0 Å². The number of fused-ring (bicyclic) bond motifs is 7. The third kappa shape index (κ3) is 2.82. The fourth-order valence-electron chi connectivity index (χ4n) is 10.7. The summed E-state index contributed by atoms with van der Waals surface area (Å²) in [5.41, 5.74) is 0.295. The van der Waals surface area contributed by atoms with Crippen molar-refractivity contribution < 1.29 is 20.1 Å². The minimum atomic E-state index is -1.04. The SMILES string of the molecule is CC1(C)CCC2(C(=O)O)C(C1)C1=CCC3C4(C)CC[C@H](O)C(C)(C)[C@@H]4CC[C@]3(C)[C@]1(C)C[C@@H]2O. The van der Waals surface area contributed by atoms with Crippen molar-refractivity contribution in [3.63, 3.8) is 0 Å². The average Bonchev–Trinajstić information content (AvgIpc) is 2.71. The molecule has 5 rings (SSSR count). The molecule has 0 bridgehead atoms. The van der Waals surface area contributed by atoms with Gasteiger partial charge in [0.1, 0.15) is 5.41 Å². The van der Waals surface area contributed by atoms with Crippen molar-refractivity contribution in [2.75, 3.05) is 0 Å². The summed E-state index contributed by atoms with van der Waals surface area (Å²) in [6, 6.07) is 0. The third-order valence-corrected chi connectivity index (χ3v) is 13.1. The van der Waals surface area contributed by atoms with Gasteiger partial charge >= 0.3 is 5.97 Å². The number of carbonyl (C=O) groups is 1. The predicted octanol–water partition coefficient (Wildman–Crippen LogP) is 6.20. The van der Waals surface area contributed by atoms with E-state index in [2.05, 4.69) is 54.5 Å². The number of allylic oxidation sites excluding steroid dienone is 2. The summed E-state index contributed by atoms with van der Waals surface area (Å²) in [6.07, 6.45) is 9.35. The predicted molar refractivity (Wildman–Crippen MR) is 134 cm³/mol. The van der Waals surface area contributed by atoms with Gasteiger partial charge in [0.15, 0.2) is 0 Å². The maximum absolute atomic E-state index is 12.8. The first kappa shape index (κ1) is 24.8. The Labute approximate surface area is 206 Å². The average molecular weight is 473 g/mol. The Kier molecular flexibility index (Phi) is 5.20. The summed E-state index contributed by atoms with van der Waals surface area (Å²) in [5, 5.41) is 33.1. The van der Waals surface area contributed by atoms with E-state index in [-0.39, 0.29) is 39.1 Å². The van der Waals surface area contributed by atoms with Crippen LogP contribution in [-0.4, -0.2) is 33.5 Å². The zero-order chi connectivity index (χ0) is 25.1. The Morgan fingerprint density at radius 2 is 1.53 bits per heavy atom. The minimum Gasteiger partial charge on any atom is -0.481 e. The molecule has 0 aromatic rings. The molecule has 5 aliphatic carbocycles. The van der Waals surface area contributed by atoms with Gasteiger partial charge < -0.3 is 15.3 Å². The van der Waals surface area contributed by atoms with Crippen LogP contribution in [0, 0.1) is 50.2 Å². The molecule has 0 aromatic carbocycles. The maximum atomic E-state index is 12.8. The van der Waals surface area contributed by atoms with E-state index in [1.54, 1.807) is 0 Å². The molecule has 4 saturated carbocycles. The van der Waals surface area contributed by atoms with Crippen LogP contribution in [0.1, 0.15) is 106 Å². The lowest BCUT2D eigenvalue weighted by Gasteiger charge is -2.71. The van der Waals surface area contributed by atoms with Crippen molar-refractivity contribution in [3.8, 4) is 0 Å². The van der Waals surface area contributed by atoms with Crippen molar-refractivity contribution in [2.45, 2.75) is 118 Å². The molecule has 0 saturated heterocycles. The maximum Gasteiger partial charge on any atom is 0.312 e. The second-order valence-corrected chi connectivity index (χ2v) is 15.2. The van der Waals surface area contributed by atoms with Gasteiger partial charge in [-0.15, -0.1) is 0 Å². The summed E-state index contributed by atoms with van der Waals surface area (Å²) < 4.78 is 0. The van der Waals surface area contributed by atoms with Gasteiger partial charge in [0.2, 0.25) is 0 Å². The van der Waals surface area contributed by atoms with Crippen LogP contribution in [0.3, 0.4) is 0 Å². The van der Waals surface area contributed by atoms with E-state index in [1.807, 2.05) is 0 Å². The van der Waals surface area contributed by atoms with Crippen LogP contribution in [0.5, 0.6) is 0 Å². The molecule has 0 aromatic heterocycles. The molecule has 5 aliphatic rings. The molecule has 0 aliphatic heterocycles. The number of aliphatic hydroxyl groups excluding tert-OH is 2. The molecule has 4 heteroatoms. The lowest BCUT2D eigenvalue weighted by molar-refractivity contribution is -0.218. The first-order valence-corrected chi connectivity index (χ1v) is 13.9. The highest BCUT2D eigenvalue weighted by molar-refractivity contribution is 5.77. The molecule has 3 N–H and O–H groups in total. The largest absolute Gasteiger partial charge is 0.481 e. The second kappa shape index (κ2) is 7.12. The van der Waals surface area contributed by atoms with Gasteiger partial charge in [-0.3, -0.25) is 4.79 Å². The van der Waals surface area contributed by atoms with Crippen LogP contribution < -0.4 is 0 Å². The van der Waals surface area contributed by atoms with Crippen molar-refractivity contribution in [1.29, 1.82) is 0 Å². The van der Waals surface area contributed by atoms with Gasteiger partial charge in [-0.05, 0) is 103 Å². The van der Waals surface area contributed by atoms with Crippen molar-refractivity contribution >= 4 is 5.97 Å². The Morgan fingerprint density at radius 1 is 0.853 bits per heavy atom. The monoisotopic (exact) mass is 472 g/mol. The molecule has 9 atom stereocenters. The number of rotatable bonds is 1. The fourth-order valence-corrected chi connectivity index (χ4v) is 10.7. The zero-order valence-corrected chi connectivity index (χ0v) is 22.6. The van der Waals surface area contributed by atoms with Gasteiger partial charge in [-0.1, -0.05) is 60.1 Å². The Bertz CT molecular complexity index is 919. The van der Waals surface area contributed by atoms with Gasteiger partial charge in [0.05, 0.1) is 12.2 Å². The topological polar surface area (TPSA) is 77.8 Å². The van der Waals surface area contributed by atoms with Gasteiger partial charge in [-0.25, -0.2) is 0 Å². The lowest BCUT2D eigenvalue weighted by Crippen LogP contribution is -2.67. The van der Waals surface area contributed by atoms with Crippen LogP contribution in [0.4, 0.5) is 0 Å². The molecule has 0 amide bonds. The standard InChI is InChI=1S/C30H48O4/c1-25(2)14-15-30(24(33)34)19(16-25)18-8-9-21-27(5)12-11-22(31)26(3,4)20(27)10-13-28(21,6)29(18,7)17-23(30)32/h8,19-23,31-32H,9-17H2,1-7H3,(H,33,34)/t19?,20-,21?,22-,23-,27?,28-,29+,30?/m0/s1. The van der Waals surface area contributed by atoms with Gasteiger partial charge in [0, 0.05) is 0 Å². The van der Waals surface area contributed by atoms with E-state index >= 15 is 0 Å². The molecular formula is C30H48O4. The molecule has 4 unspecified atom stereocenters. The van der Waals surface area contributed by atoms with E-state index in [0.29, 0.717) is 24.7 Å². The molecule has 34 heavy (non-hydrogen) atoms. The number of aliphatic hydroxyl groups is 2. The van der Waals surface area contributed by atoms with E-state index in [1.165, 1.54) is 5.57 Å². The highest BCUT2D eigenvalue weighted by Gasteiger charge is 2.71. The smallest absolute Gasteiger partial charge is 0.312 e. The number of aliphatic carboxylic acids is 1. The van der Waals surface area contributed by atoms with E-state index < -0.39 is 17.5 Å². The Hall–Kier alpha value is -0.870. The third-order valence-electron chi connectivity index (χ3n) is 13.1. The molecule has 0 spiro atoms. The lowest BCUT2D eigenvalue weighted by atomic mass is 9.33. The van der Waals surface area contributed by atoms with Gasteiger partial charge in [0.25, 0.3) is 0 Å². The molecule has 4 fully saturated rings. The highest BCUT2D eigenvalue weighted by Crippen LogP contribution is 2.75. The van der Waals surface area contributed by atoms with Crippen LogP contribution in [0.15, 0.2) is 11.6 Å². The first-order valence-electron chi connectivity index (χ1n) is 13.9. The molecule has 192 valence electrons. The highest BCUT2D eigenvalue weighted by atomic mass is 16.4. The zero-order valence-electron chi connectivity index (χ0n) is 22.6. The Balaban J connectivity index is 1.63. The van der Waals surface area contributed by atoms with E-state index in [4.69, 9.17) is 0 Å². The molecule has 0 heterocycles. The summed E-state index contributed by atoms with van der Waals surface area (Å²) in [7, 11) is 0. The first-order chi connectivity index (χ1) is 15.6. The number of hydrogen-bond donors (Lipinski definition) is 3. The molecule has 4 nitrogen and oxygen atoms in total. The fraction of sp³-hybridized carbons (Fsp3) is 0.900. The normalized spacial score (nSPS) is 53.4. The summed E-state index contributed by atoms with van der Waals surface area (Å²) in [6.45, 7) is 16.4. The Morgan fingerprint density at radius 3 is 2.18 bits per heavy atom. The van der Waals surface area contributed by atoms with Crippen LogP contribution in [0.2, 0.25) is 0 Å². The number of hydrogen-bond acceptors (Lipinski definition) is 3. The van der Waals surface area contributed by atoms with Crippen LogP contribution in [-0.2, 0) is 4.79 Å². The van der Waals surface area contributed by atoms with Crippen molar-refractivity contribution in [2.24, 2.45) is 50.2 Å². The molecule has 0 radical (unpaired) electrons. The second-order valence-electron chi connectivity index (χ2n) is 15.2. The van der Waals surface area contributed by atoms with Crippen LogP contribution in [0.25, 0.3) is 0 Å². The van der Waals surface area contributed by atoms with Gasteiger partial charge in [-0.2, -0.15) is 0 Å². The van der Waals surface area contributed by atoms with E-state index in [0.717, 1.165) is 44.9 Å². The summed E-state index contributed by atoms with van der Waals surface area (Å²) in [4.78, 5) is 12.8. The summed E-state index contributed by atoms with van der Waals surface area (Å²) >= 11 is 0. The summed E-state index contributed by atoms with van der Waals surface area (Å²) in [5.74, 6) is 0.0888. The van der Waals surface area contributed by atoms with E-state index in [9.17, 15) is 20.1 Å². The minimum absolute atomic E-state index is 0.0218. The quantitative estimate of drug-likeness (QED) is 0.397. The number of carboxylic acids is 1. The number of carboxylic acid groups (broad SMARTS) is 1. The molecular weight excluding hydrogens is 424 g/mol.